The van der Waals surface area contributed by atoms with Crippen molar-refractivity contribution < 1.29 is 4.79 Å². The van der Waals surface area contributed by atoms with E-state index in [9.17, 15) is 4.79 Å². The molecule has 2 aromatic rings. The Labute approximate surface area is 220 Å². The summed E-state index contributed by atoms with van der Waals surface area (Å²) in [4.78, 5) is 20.9. The van der Waals surface area contributed by atoms with Crippen LogP contribution in [0.15, 0.2) is 87.8 Å². The second-order valence-corrected chi connectivity index (χ2v) is 11.6. The fraction of sp³-hybridized carbons (Fsp3) is 0.344. The first-order valence-electron chi connectivity index (χ1n) is 13.0. The summed E-state index contributed by atoms with van der Waals surface area (Å²) >= 11 is 1.93. The Morgan fingerprint density at radius 2 is 1.72 bits per heavy atom. The molecule has 0 saturated carbocycles. The molecule has 1 amide bonds. The Bertz CT molecular complexity index is 1260. The van der Waals surface area contributed by atoms with Gasteiger partial charge in [-0.15, -0.1) is 0 Å². The van der Waals surface area contributed by atoms with Crippen LogP contribution in [-0.4, -0.2) is 35.3 Å². The van der Waals surface area contributed by atoms with Crippen LogP contribution in [-0.2, 0) is 4.79 Å². The number of allylic oxidation sites excluding steroid dienone is 4. The minimum atomic E-state index is 0.206. The van der Waals surface area contributed by atoms with Crippen molar-refractivity contribution in [1.82, 2.24) is 9.80 Å². The summed E-state index contributed by atoms with van der Waals surface area (Å²) in [5.74, 6) is 0.468. The minimum Gasteiger partial charge on any atom is -0.340 e. The molecular formula is C32H36N2OS. The zero-order valence-electron chi connectivity index (χ0n) is 21.9. The molecule has 0 aromatic heterocycles. The predicted octanol–water partition coefficient (Wildman–Crippen LogP) is 7.64. The number of carbonyl (C=O) groups is 1. The first-order valence-corrected chi connectivity index (χ1v) is 13.9. The normalized spacial score (nSPS) is 20.6. The second-order valence-electron chi connectivity index (χ2n) is 10.3. The topological polar surface area (TPSA) is 23.6 Å². The van der Waals surface area contributed by atoms with E-state index in [2.05, 4.69) is 98.3 Å². The van der Waals surface area contributed by atoms with E-state index in [-0.39, 0.29) is 11.8 Å². The van der Waals surface area contributed by atoms with Gasteiger partial charge in [0.25, 0.3) is 0 Å². The molecule has 3 heterocycles. The number of hydrogen-bond acceptors (Lipinski definition) is 3. The van der Waals surface area contributed by atoms with Gasteiger partial charge in [0.2, 0.25) is 5.91 Å². The Balaban J connectivity index is 1.38. The first-order chi connectivity index (χ1) is 17.4. The van der Waals surface area contributed by atoms with Gasteiger partial charge in [-0.2, -0.15) is 0 Å². The van der Waals surface area contributed by atoms with Gasteiger partial charge in [-0.05, 0) is 66.5 Å². The van der Waals surface area contributed by atoms with E-state index in [0.717, 1.165) is 43.6 Å². The number of amides is 1. The molecule has 2 aromatic carbocycles. The summed E-state index contributed by atoms with van der Waals surface area (Å²) in [7, 11) is 0. The number of rotatable bonds is 4. The van der Waals surface area contributed by atoms with Crippen LogP contribution in [0.5, 0.6) is 0 Å². The third kappa shape index (κ3) is 5.24. The molecule has 0 fully saturated rings. The first kappa shape index (κ1) is 24.7. The smallest absolute Gasteiger partial charge is 0.242 e. The number of aryl methyl sites for hydroxylation is 1. The third-order valence-corrected chi connectivity index (χ3v) is 9.02. The molecule has 1 unspecified atom stereocenters. The van der Waals surface area contributed by atoms with Gasteiger partial charge in [0, 0.05) is 30.9 Å². The molecule has 5 rings (SSSR count). The van der Waals surface area contributed by atoms with Crippen molar-refractivity contribution in [3.63, 3.8) is 0 Å². The Morgan fingerprint density at radius 1 is 0.972 bits per heavy atom. The van der Waals surface area contributed by atoms with Gasteiger partial charge < -0.3 is 9.80 Å². The highest BCUT2D eigenvalue weighted by molar-refractivity contribution is 8.06. The molecule has 0 N–H and O–H groups in total. The summed E-state index contributed by atoms with van der Waals surface area (Å²) in [6.07, 6.45) is 7.56. The number of nitrogens with zero attached hydrogens (tertiary/aromatic N) is 2. The molecule has 3 nitrogen and oxygen atoms in total. The fourth-order valence-electron chi connectivity index (χ4n) is 5.40. The summed E-state index contributed by atoms with van der Waals surface area (Å²) in [6, 6.07) is 19.1. The lowest BCUT2D eigenvalue weighted by Crippen LogP contribution is -2.39. The van der Waals surface area contributed by atoms with Gasteiger partial charge in [0.15, 0.2) is 0 Å². The minimum absolute atomic E-state index is 0.206. The second kappa shape index (κ2) is 10.6. The maximum atomic E-state index is 13.7. The average Bonchev–Trinajstić information content (AvgIpc) is 3.08. The van der Waals surface area contributed by atoms with Crippen LogP contribution >= 0.6 is 11.8 Å². The summed E-state index contributed by atoms with van der Waals surface area (Å²) < 4.78 is 0. The molecule has 0 spiro atoms. The van der Waals surface area contributed by atoms with Gasteiger partial charge in [-0.25, -0.2) is 0 Å². The van der Waals surface area contributed by atoms with E-state index in [1.54, 1.807) is 0 Å². The number of benzene rings is 2. The van der Waals surface area contributed by atoms with Crippen LogP contribution in [0.2, 0.25) is 0 Å². The number of hydrogen-bond donors (Lipinski definition) is 0. The predicted molar refractivity (Wildman–Crippen MR) is 153 cm³/mol. The Kier molecular flexibility index (Phi) is 7.25. The molecular weight excluding hydrogens is 460 g/mol. The maximum absolute atomic E-state index is 13.7. The zero-order chi connectivity index (χ0) is 25.2. The molecule has 3 aliphatic rings. The summed E-state index contributed by atoms with van der Waals surface area (Å²) in [5, 5.41) is 0. The van der Waals surface area contributed by atoms with Crippen molar-refractivity contribution in [1.29, 1.82) is 0 Å². The quantitative estimate of drug-likeness (QED) is 0.435. The Hall–Kier alpha value is -2.98. The molecule has 186 valence electrons. The van der Waals surface area contributed by atoms with Gasteiger partial charge in [0.1, 0.15) is 6.54 Å². The standard InChI is InChI=1S/C32H36N2OS/c1-22-9-8-12-27(17-22)29-20-34(30(19-24(29)3)26-10-6-5-7-11-26)21-32(35)33-15-13-28-18-23(2)25(4)36-31(28)14-16-33/h5-12,17,19-20,24H,13-16,18,21H2,1-4H3. The number of thioether (sulfide) groups is 1. The fourth-order valence-corrected chi connectivity index (χ4v) is 6.53. The molecule has 4 heteroatoms. The van der Waals surface area contributed by atoms with Gasteiger partial charge in [-0.1, -0.05) is 96.1 Å². The molecule has 0 radical (unpaired) electrons. The highest BCUT2D eigenvalue weighted by Gasteiger charge is 2.27. The van der Waals surface area contributed by atoms with E-state index >= 15 is 0 Å². The van der Waals surface area contributed by atoms with Crippen LogP contribution in [0.25, 0.3) is 11.3 Å². The van der Waals surface area contributed by atoms with E-state index in [1.165, 1.54) is 37.7 Å². The van der Waals surface area contributed by atoms with Crippen molar-refractivity contribution in [3.05, 3.63) is 105 Å². The van der Waals surface area contributed by atoms with Crippen molar-refractivity contribution in [2.24, 2.45) is 5.92 Å². The summed E-state index contributed by atoms with van der Waals surface area (Å²) in [6.45, 7) is 10.8. The average molecular weight is 497 g/mol. The van der Waals surface area contributed by atoms with Crippen LogP contribution in [0.3, 0.4) is 0 Å². The maximum Gasteiger partial charge on any atom is 0.242 e. The van der Waals surface area contributed by atoms with Crippen molar-refractivity contribution in [2.75, 3.05) is 19.6 Å². The molecule has 36 heavy (non-hydrogen) atoms. The number of carbonyl (C=O) groups excluding carboxylic acids is 1. The van der Waals surface area contributed by atoms with Gasteiger partial charge >= 0.3 is 0 Å². The van der Waals surface area contributed by atoms with E-state index in [1.807, 2.05) is 17.8 Å². The van der Waals surface area contributed by atoms with Crippen LogP contribution < -0.4 is 0 Å². The van der Waals surface area contributed by atoms with Crippen molar-refractivity contribution in [3.8, 4) is 0 Å². The molecule has 0 aliphatic carbocycles. The SMILES string of the molecule is CC1=C(C)SC2=C(CCN(C(=O)CN3C=C(c4cccc(C)c4)C(C)C=C3c3ccccc3)CC2)C1. The van der Waals surface area contributed by atoms with E-state index in [0.29, 0.717) is 6.54 Å². The molecule has 3 aliphatic heterocycles. The summed E-state index contributed by atoms with van der Waals surface area (Å²) in [5.41, 5.74) is 9.02. The van der Waals surface area contributed by atoms with E-state index in [4.69, 9.17) is 0 Å². The molecule has 0 saturated heterocycles. The van der Waals surface area contributed by atoms with Crippen molar-refractivity contribution >= 4 is 28.9 Å². The van der Waals surface area contributed by atoms with Crippen LogP contribution in [0.1, 0.15) is 56.7 Å². The monoisotopic (exact) mass is 496 g/mol. The largest absolute Gasteiger partial charge is 0.340 e. The van der Waals surface area contributed by atoms with Gasteiger partial charge in [-0.3, -0.25) is 4.79 Å². The Morgan fingerprint density at radius 3 is 2.50 bits per heavy atom. The molecule has 1 atom stereocenters. The van der Waals surface area contributed by atoms with Gasteiger partial charge in [0.05, 0.1) is 0 Å². The zero-order valence-corrected chi connectivity index (χ0v) is 22.7. The third-order valence-electron chi connectivity index (χ3n) is 7.62. The lowest BCUT2D eigenvalue weighted by atomic mass is 9.89. The van der Waals surface area contributed by atoms with E-state index < -0.39 is 0 Å². The van der Waals surface area contributed by atoms with Crippen LogP contribution in [0, 0.1) is 12.8 Å². The van der Waals surface area contributed by atoms with Crippen molar-refractivity contribution in [2.45, 2.75) is 47.0 Å². The van der Waals surface area contributed by atoms with Crippen LogP contribution in [0.4, 0.5) is 0 Å². The highest BCUT2D eigenvalue weighted by Crippen LogP contribution is 2.42. The lowest BCUT2D eigenvalue weighted by Gasteiger charge is -2.33. The lowest BCUT2D eigenvalue weighted by molar-refractivity contribution is -0.131. The molecule has 0 bridgehead atoms. The highest BCUT2D eigenvalue weighted by atomic mass is 32.2.